The highest BCUT2D eigenvalue weighted by Gasteiger charge is 2.50. The molecule has 0 bridgehead atoms. The minimum Gasteiger partial charge on any atom is -0.422 e. The highest BCUT2D eigenvalue weighted by Crippen LogP contribution is 2.25. The third-order valence-corrected chi connectivity index (χ3v) is 1.94. The lowest BCUT2D eigenvalue weighted by Gasteiger charge is -2.32. The van der Waals surface area contributed by atoms with E-state index in [1.54, 1.807) is 0 Å². The van der Waals surface area contributed by atoms with Crippen LogP contribution in [-0.4, -0.2) is 36.1 Å². The Hall–Kier alpha value is -1.60. The maximum atomic E-state index is 12.7. The first-order valence-corrected chi connectivity index (χ1v) is 4.57. The summed E-state index contributed by atoms with van der Waals surface area (Å²) in [5, 5.41) is 0. The Balaban J connectivity index is 2.89. The average molecular weight is 254 g/mol. The van der Waals surface area contributed by atoms with Crippen molar-refractivity contribution in [1.82, 2.24) is 0 Å². The van der Waals surface area contributed by atoms with Crippen molar-refractivity contribution in [3.05, 3.63) is 0 Å². The van der Waals surface area contributed by atoms with Crippen molar-refractivity contribution in [1.29, 1.82) is 0 Å². The lowest BCUT2D eigenvalue weighted by molar-refractivity contribution is -0.239. The number of halogens is 3. The van der Waals surface area contributed by atoms with Gasteiger partial charge in [-0.2, -0.15) is 0 Å². The smallest absolute Gasteiger partial charge is 0.331 e. The molecule has 1 rings (SSSR count). The molecule has 0 aromatic rings. The van der Waals surface area contributed by atoms with Gasteiger partial charge in [-0.15, -0.1) is 0 Å². The van der Waals surface area contributed by atoms with Gasteiger partial charge in [0.1, 0.15) is 0 Å². The van der Waals surface area contributed by atoms with Crippen molar-refractivity contribution < 1.29 is 37.0 Å². The van der Waals surface area contributed by atoms with E-state index in [2.05, 4.69) is 9.47 Å². The fourth-order valence-electron chi connectivity index (χ4n) is 1.24. The molecule has 0 amide bonds. The van der Waals surface area contributed by atoms with Crippen molar-refractivity contribution in [2.75, 3.05) is 0 Å². The van der Waals surface area contributed by atoms with Gasteiger partial charge in [0, 0.05) is 13.8 Å². The number of cyclic esters (lactones) is 2. The van der Waals surface area contributed by atoms with E-state index in [0.717, 1.165) is 0 Å². The third kappa shape index (κ3) is 2.75. The van der Waals surface area contributed by atoms with Gasteiger partial charge in [-0.3, -0.25) is 14.4 Å². The normalized spacial score (nSPS) is 22.0. The van der Waals surface area contributed by atoms with Gasteiger partial charge < -0.3 is 9.47 Å². The SMILES string of the molecule is CC1(C)OC(=O)C(C(=O)C(F)C(F)F)C(=O)O1. The molecule has 0 aromatic carbocycles. The van der Waals surface area contributed by atoms with Gasteiger partial charge >= 0.3 is 11.9 Å². The molecular formula is C9H9F3O5. The quantitative estimate of drug-likeness (QED) is 0.545. The predicted molar refractivity (Wildman–Crippen MR) is 45.7 cm³/mol. The van der Waals surface area contributed by atoms with Crippen LogP contribution in [-0.2, 0) is 23.9 Å². The molecule has 1 unspecified atom stereocenters. The van der Waals surface area contributed by atoms with Crippen LogP contribution in [0.5, 0.6) is 0 Å². The summed E-state index contributed by atoms with van der Waals surface area (Å²) in [6, 6.07) is 0. The molecule has 1 heterocycles. The van der Waals surface area contributed by atoms with Crippen LogP contribution in [0, 0.1) is 5.92 Å². The molecule has 0 N–H and O–H groups in total. The van der Waals surface area contributed by atoms with E-state index in [-0.39, 0.29) is 0 Å². The first-order chi connectivity index (χ1) is 7.65. The van der Waals surface area contributed by atoms with Crippen LogP contribution in [0.2, 0.25) is 0 Å². The summed E-state index contributed by atoms with van der Waals surface area (Å²) in [7, 11) is 0. The first kappa shape index (κ1) is 13.5. The van der Waals surface area contributed by atoms with E-state index in [4.69, 9.17) is 0 Å². The molecule has 0 aliphatic carbocycles. The largest absolute Gasteiger partial charge is 0.422 e. The second kappa shape index (κ2) is 4.34. The van der Waals surface area contributed by atoms with Crippen LogP contribution in [0.3, 0.4) is 0 Å². The Morgan fingerprint density at radius 2 is 1.59 bits per heavy atom. The Morgan fingerprint density at radius 1 is 1.18 bits per heavy atom. The van der Waals surface area contributed by atoms with Crippen molar-refractivity contribution in [3.63, 3.8) is 0 Å². The van der Waals surface area contributed by atoms with Crippen LogP contribution in [0.15, 0.2) is 0 Å². The fourth-order valence-corrected chi connectivity index (χ4v) is 1.24. The number of carbonyl (C=O) groups is 3. The molecule has 96 valence electrons. The van der Waals surface area contributed by atoms with Gasteiger partial charge in [-0.1, -0.05) is 0 Å². The van der Waals surface area contributed by atoms with Gasteiger partial charge in [-0.05, 0) is 0 Å². The summed E-state index contributed by atoms with van der Waals surface area (Å²) in [4.78, 5) is 33.6. The second-order valence-corrected chi connectivity index (χ2v) is 3.81. The number of rotatable bonds is 3. The standard InChI is InChI=1S/C9H9F3O5/c1-9(2)16-7(14)3(8(15)17-9)5(13)4(10)6(11)12/h3-4,6H,1-2H3. The number of ether oxygens (including phenoxy) is 2. The van der Waals surface area contributed by atoms with Crippen molar-refractivity contribution in [3.8, 4) is 0 Å². The Morgan fingerprint density at radius 3 is 1.94 bits per heavy atom. The Kier molecular flexibility index (Phi) is 3.44. The van der Waals surface area contributed by atoms with E-state index in [9.17, 15) is 27.6 Å². The Bertz CT molecular complexity index is 346. The minimum atomic E-state index is -3.61. The van der Waals surface area contributed by atoms with Gasteiger partial charge in [0.15, 0.2) is 5.78 Å². The molecule has 5 nitrogen and oxygen atoms in total. The number of Topliss-reactive ketones (excluding diaryl/α,β-unsaturated/α-hetero) is 1. The average Bonchev–Trinajstić information content (AvgIpc) is 2.12. The predicted octanol–water partition coefficient (Wildman–Crippen LogP) is 0.611. The van der Waals surface area contributed by atoms with Gasteiger partial charge in [0.2, 0.25) is 12.1 Å². The topological polar surface area (TPSA) is 69.7 Å². The van der Waals surface area contributed by atoms with E-state index >= 15 is 0 Å². The number of alkyl halides is 3. The van der Waals surface area contributed by atoms with Crippen LogP contribution in [0.25, 0.3) is 0 Å². The Labute approximate surface area is 93.9 Å². The van der Waals surface area contributed by atoms with Crippen LogP contribution >= 0.6 is 0 Å². The molecule has 0 spiro atoms. The first-order valence-electron chi connectivity index (χ1n) is 4.57. The number of hydrogen-bond donors (Lipinski definition) is 0. The molecule has 1 aliphatic heterocycles. The van der Waals surface area contributed by atoms with Gasteiger partial charge in [0.25, 0.3) is 12.2 Å². The molecular weight excluding hydrogens is 245 g/mol. The third-order valence-electron chi connectivity index (χ3n) is 1.94. The molecule has 1 aliphatic rings. The highest BCUT2D eigenvalue weighted by molar-refractivity contribution is 6.17. The minimum absolute atomic E-state index is 1.21. The zero-order valence-electron chi connectivity index (χ0n) is 8.91. The molecule has 1 fully saturated rings. The zero-order valence-corrected chi connectivity index (χ0v) is 8.91. The zero-order chi connectivity index (χ0) is 13.4. The van der Waals surface area contributed by atoms with Crippen molar-refractivity contribution in [2.24, 2.45) is 5.92 Å². The summed E-state index contributed by atoms with van der Waals surface area (Å²) >= 11 is 0. The van der Waals surface area contributed by atoms with Crippen LogP contribution in [0.4, 0.5) is 13.2 Å². The lowest BCUT2D eigenvalue weighted by Crippen LogP contribution is -2.51. The summed E-state index contributed by atoms with van der Waals surface area (Å²) in [6.07, 6.45) is -6.83. The van der Waals surface area contributed by atoms with E-state index < -0.39 is 42.0 Å². The highest BCUT2D eigenvalue weighted by atomic mass is 19.3. The molecule has 0 radical (unpaired) electrons. The molecule has 17 heavy (non-hydrogen) atoms. The van der Waals surface area contributed by atoms with E-state index in [0.29, 0.717) is 0 Å². The van der Waals surface area contributed by atoms with Crippen LogP contribution in [0.1, 0.15) is 13.8 Å². The summed E-state index contributed by atoms with van der Waals surface area (Å²) in [5.41, 5.74) is 0. The van der Waals surface area contributed by atoms with Crippen LogP contribution < -0.4 is 0 Å². The van der Waals surface area contributed by atoms with Gasteiger partial charge in [-0.25, -0.2) is 13.2 Å². The second-order valence-electron chi connectivity index (χ2n) is 3.81. The van der Waals surface area contributed by atoms with E-state index in [1.165, 1.54) is 13.8 Å². The molecule has 1 atom stereocenters. The maximum Gasteiger partial charge on any atom is 0.331 e. The lowest BCUT2D eigenvalue weighted by atomic mass is 9.99. The van der Waals surface area contributed by atoms with E-state index in [1.807, 2.05) is 0 Å². The summed E-state index contributed by atoms with van der Waals surface area (Å²) in [5.74, 6) is -8.52. The molecule has 1 saturated heterocycles. The molecule has 0 aromatic heterocycles. The van der Waals surface area contributed by atoms with Crippen molar-refractivity contribution >= 4 is 17.7 Å². The fraction of sp³-hybridized carbons (Fsp3) is 0.667. The molecule has 0 saturated carbocycles. The van der Waals surface area contributed by atoms with Crippen molar-refractivity contribution in [2.45, 2.75) is 32.2 Å². The maximum absolute atomic E-state index is 12.7. The number of hydrogen-bond acceptors (Lipinski definition) is 5. The molecule has 8 heteroatoms. The van der Waals surface area contributed by atoms with Gasteiger partial charge in [0.05, 0.1) is 0 Å². The number of carbonyl (C=O) groups excluding carboxylic acids is 3. The number of ketones is 1. The monoisotopic (exact) mass is 254 g/mol. The number of esters is 2. The summed E-state index contributed by atoms with van der Waals surface area (Å²) in [6.45, 7) is 2.42. The summed E-state index contributed by atoms with van der Waals surface area (Å²) < 4.78 is 45.6.